The van der Waals surface area contributed by atoms with Crippen LogP contribution in [0.1, 0.15) is 66.2 Å². The second-order valence-corrected chi connectivity index (χ2v) is 7.72. The molecule has 0 spiro atoms. The summed E-state index contributed by atoms with van der Waals surface area (Å²) in [7, 11) is 2.47. The van der Waals surface area contributed by atoms with E-state index in [1.807, 2.05) is 13.8 Å². The molecule has 0 aliphatic carbocycles. The predicted octanol–water partition coefficient (Wildman–Crippen LogP) is 3.79. The van der Waals surface area contributed by atoms with Crippen molar-refractivity contribution in [1.82, 2.24) is 0 Å². The maximum atomic E-state index is 12.0. The lowest BCUT2D eigenvalue weighted by atomic mass is 9.73. The molecule has 19 heavy (non-hydrogen) atoms. The Labute approximate surface area is 119 Å². The Morgan fingerprint density at radius 1 is 1.11 bits per heavy atom. The van der Waals surface area contributed by atoms with Crippen LogP contribution in [0.4, 0.5) is 0 Å². The Bertz CT molecular complexity index is 320. The van der Waals surface area contributed by atoms with Gasteiger partial charge in [-0.1, -0.05) is 13.8 Å². The van der Waals surface area contributed by atoms with E-state index in [-0.39, 0.29) is 5.92 Å². The van der Waals surface area contributed by atoms with Gasteiger partial charge in [-0.3, -0.25) is 4.79 Å². The van der Waals surface area contributed by atoms with Crippen LogP contribution in [0.2, 0.25) is 0 Å². The van der Waals surface area contributed by atoms with E-state index in [9.17, 15) is 4.79 Å². The van der Waals surface area contributed by atoms with E-state index in [4.69, 9.17) is 0 Å². The minimum absolute atomic E-state index is 0.215. The normalized spacial score (nSPS) is 38.8. The largest absolute Gasteiger partial charge is 0.319 e. The third-order valence-electron chi connectivity index (χ3n) is 6.11. The molecule has 0 aromatic carbocycles. The average Bonchev–Trinajstić information content (AvgIpc) is 2.29. The van der Waals surface area contributed by atoms with Crippen LogP contribution in [0.5, 0.6) is 0 Å². The number of rotatable bonds is 4. The molecule has 2 aliphatic heterocycles. The summed E-state index contributed by atoms with van der Waals surface area (Å²) in [5.74, 6) is 1.35. The van der Waals surface area contributed by atoms with Crippen molar-refractivity contribution in [3.8, 4) is 0 Å². The molecule has 2 saturated heterocycles. The van der Waals surface area contributed by atoms with Gasteiger partial charge in [-0.25, -0.2) is 0 Å². The third kappa shape index (κ3) is 2.74. The third-order valence-corrected chi connectivity index (χ3v) is 6.11. The maximum absolute atomic E-state index is 12.0. The summed E-state index contributed by atoms with van der Waals surface area (Å²) in [6, 6.07) is 2.33. The number of carbonyl (C=O) groups is 1. The van der Waals surface area contributed by atoms with Crippen molar-refractivity contribution in [3.63, 3.8) is 0 Å². The lowest BCUT2D eigenvalue weighted by molar-refractivity contribution is -0.985. The predicted molar refractivity (Wildman–Crippen MR) is 79.9 cm³/mol. The molecule has 2 atom stereocenters. The van der Waals surface area contributed by atoms with Crippen LogP contribution >= 0.6 is 0 Å². The topological polar surface area (TPSA) is 17.1 Å². The summed E-state index contributed by atoms with van der Waals surface area (Å²) in [6.45, 7) is 8.84. The highest BCUT2D eigenvalue weighted by molar-refractivity contribution is 5.80. The Balaban J connectivity index is 2.07. The average molecular weight is 266 g/mol. The second kappa shape index (κ2) is 5.55. The summed E-state index contributed by atoms with van der Waals surface area (Å²) in [4.78, 5) is 12.0. The molecular weight excluding hydrogens is 234 g/mol. The van der Waals surface area contributed by atoms with Gasteiger partial charge in [0.2, 0.25) is 0 Å². The van der Waals surface area contributed by atoms with Crippen molar-refractivity contribution < 1.29 is 9.28 Å². The van der Waals surface area contributed by atoms with Crippen LogP contribution in [0.25, 0.3) is 0 Å². The zero-order chi connectivity index (χ0) is 14.2. The molecule has 0 aromatic rings. The number of ketones is 1. The van der Waals surface area contributed by atoms with E-state index >= 15 is 0 Å². The smallest absolute Gasteiger partial charge is 0.135 e. The lowest BCUT2D eigenvalue weighted by Gasteiger charge is -2.57. The van der Waals surface area contributed by atoms with E-state index in [0.29, 0.717) is 11.7 Å². The Morgan fingerprint density at radius 3 is 2.05 bits per heavy atom. The van der Waals surface area contributed by atoms with Crippen molar-refractivity contribution in [1.29, 1.82) is 0 Å². The van der Waals surface area contributed by atoms with Crippen LogP contribution in [0.3, 0.4) is 0 Å². The fraction of sp³-hybridized carbons (Fsp3) is 0.941. The number of fused-ring (bicyclic) bond motifs is 2. The molecule has 2 heteroatoms. The van der Waals surface area contributed by atoms with Crippen molar-refractivity contribution >= 4 is 5.78 Å². The van der Waals surface area contributed by atoms with Gasteiger partial charge < -0.3 is 4.48 Å². The molecule has 0 radical (unpaired) electrons. The van der Waals surface area contributed by atoms with Crippen LogP contribution in [-0.2, 0) is 4.79 Å². The summed E-state index contributed by atoms with van der Waals surface area (Å²) in [6.07, 6.45) is 7.55. The maximum Gasteiger partial charge on any atom is 0.135 e. The van der Waals surface area contributed by atoms with E-state index < -0.39 is 0 Å². The zero-order valence-electron chi connectivity index (χ0n) is 13.5. The first-order valence-corrected chi connectivity index (χ1v) is 8.24. The summed E-state index contributed by atoms with van der Waals surface area (Å²) < 4.78 is 1.27. The van der Waals surface area contributed by atoms with Crippen LogP contribution in [0.15, 0.2) is 0 Å². The fourth-order valence-electron chi connectivity index (χ4n) is 4.53. The lowest BCUT2D eigenvalue weighted by Crippen LogP contribution is -2.67. The molecule has 2 nitrogen and oxygen atoms in total. The summed E-state index contributed by atoms with van der Waals surface area (Å²) in [5, 5.41) is 0. The highest BCUT2D eigenvalue weighted by Crippen LogP contribution is 2.44. The molecule has 0 amide bonds. The zero-order valence-corrected chi connectivity index (χ0v) is 13.5. The Morgan fingerprint density at radius 2 is 1.63 bits per heavy atom. The van der Waals surface area contributed by atoms with Crippen molar-refractivity contribution in [2.45, 2.75) is 84.3 Å². The first kappa shape index (κ1) is 15.0. The quantitative estimate of drug-likeness (QED) is 0.708. The van der Waals surface area contributed by atoms with E-state index in [1.165, 1.54) is 36.6 Å². The molecule has 2 aliphatic rings. The molecule has 2 rings (SSSR count). The minimum Gasteiger partial charge on any atom is -0.319 e. The summed E-state index contributed by atoms with van der Waals surface area (Å²) in [5.41, 5.74) is 0. The van der Waals surface area contributed by atoms with Gasteiger partial charge in [0.1, 0.15) is 5.78 Å². The van der Waals surface area contributed by atoms with Crippen LogP contribution in [0, 0.1) is 11.8 Å². The van der Waals surface area contributed by atoms with Gasteiger partial charge in [-0.15, -0.1) is 0 Å². The number of hydrogen-bond acceptors (Lipinski definition) is 1. The van der Waals surface area contributed by atoms with Gasteiger partial charge in [-0.05, 0) is 39.0 Å². The molecule has 2 fully saturated rings. The van der Waals surface area contributed by atoms with Crippen molar-refractivity contribution in [3.05, 3.63) is 0 Å². The van der Waals surface area contributed by atoms with Crippen LogP contribution < -0.4 is 0 Å². The number of Topliss-reactive ketones (excluding diaryl/α,β-unsaturated/α-hetero) is 1. The van der Waals surface area contributed by atoms with Gasteiger partial charge >= 0.3 is 0 Å². The fourth-order valence-corrected chi connectivity index (χ4v) is 4.53. The molecule has 110 valence electrons. The van der Waals surface area contributed by atoms with E-state index in [0.717, 1.165) is 24.5 Å². The molecule has 2 heterocycles. The Kier molecular flexibility index (Phi) is 4.39. The number of hydrogen-bond donors (Lipinski definition) is 0. The molecular formula is C17H32NO+. The summed E-state index contributed by atoms with van der Waals surface area (Å²) >= 11 is 0. The monoisotopic (exact) mass is 266 g/mol. The highest BCUT2D eigenvalue weighted by Gasteiger charge is 2.50. The van der Waals surface area contributed by atoms with Gasteiger partial charge in [-0.2, -0.15) is 0 Å². The van der Waals surface area contributed by atoms with Gasteiger partial charge in [0.05, 0.1) is 25.2 Å². The number of carbonyl (C=O) groups excluding carboxylic acids is 1. The first-order chi connectivity index (χ1) is 8.85. The Hall–Kier alpha value is -0.370. The van der Waals surface area contributed by atoms with Crippen LogP contribution in [-0.4, -0.2) is 35.4 Å². The van der Waals surface area contributed by atoms with Gasteiger partial charge in [0, 0.05) is 25.2 Å². The van der Waals surface area contributed by atoms with Crippen molar-refractivity contribution in [2.24, 2.45) is 11.8 Å². The highest BCUT2D eigenvalue weighted by atomic mass is 16.1. The van der Waals surface area contributed by atoms with Crippen molar-refractivity contribution in [2.75, 3.05) is 7.05 Å². The van der Waals surface area contributed by atoms with Gasteiger partial charge in [0.25, 0.3) is 0 Å². The molecule has 2 bridgehead atoms. The second-order valence-electron chi connectivity index (χ2n) is 7.72. The van der Waals surface area contributed by atoms with E-state index in [1.54, 1.807) is 0 Å². The first-order valence-electron chi connectivity index (χ1n) is 8.24. The number of quaternary nitrogens is 1. The molecule has 0 aromatic heterocycles. The van der Waals surface area contributed by atoms with E-state index in [2.05, 4.69) is 20.9 Å². The SMILES string of the molecule is CC(C)C(=O)CC1CC2CCCC(C1)[N+]2(C)C(C)C. The molecule has 2 unspecified atom stereocenters. The molecule has 0 saturated carbocycles. The van der Waals surface area contributed by atoms with Gasteiger partial charge in [0.15, 0.2) is 0 Å². The number of piperidine rings is 2. The standard InChI is InChI=1S/C17H32NO/c1-12(2)17(19)11-14-9-15-7-6-8-16(10-14)18(15,5)13(3)4/h12-16H,6-11H2,1-5H3/q+1. The minimum atomic E-state index is 0.215. The number of nitrogens with zero attached hydrogens (tertiary/aromatic N) is 1. The molecule has 0 N–H and O–H groups in total.